The summed E-state index contributed by atoms with van der Waals surface area (Å²) in [5, 5.41) is 14.2. The predicted molar refractivity (Wildman–Crippen MR) is 73.2 cm³/mol. The number of carbonyl (C=O) groups is 3. The molecule has 0 aromatic rings. The smallest absolute Gasteiger partial charge is 0.326 e. The maximum Gasteiger partial charge on any atom is 0.326 e. The first-order chi connectivity index (χ1) is 9.29. The van der Waals surface area contributed by atoms with Crippen molar-refractivity contribution in [1.29, 1.82) is 0 Å². The first-order valence-corrected chi connectivity index (χ1v) is 6.83. The Labute approximate surface area is 118 Å². The molecule has 0 aliphatic carbocycles. The lowest BCUT2D eigenvalue weighted by molar-refractivity contribution is -0.139. The van der Waals surface area contributed by atoms with Crippen LogP contribution in [0.15, 0.2) is 0 Å². The molecule has 0 bridgehead atoms. The highest BCUT2D eigenvalue weighted by Crippen LogP contribution is 2.10. The molecule has 7 nitrogen and oxygen atoms in total. The third kappa shape index (κ3) is 5.07. The molecule has 0 radical (unpaired) electrons. The molecular weight excluding hydrogens is 262 g/mol. The molecule has 1 fully saturated rings. The zero-order valence-electron chi connectivity index (χ0n) is 12.2. The van der Waals surface area contributed by atoms with Gasteiger partial charge in [-0.1, -0.05) is 13.8 Å². The Morgan fingerprint density at radius 1 is 1.45 bits per heavy atom. The number of hydrogen-bond donors (Lipinski definition) is 3. The van der Waals surface area contributed by atoms with Crippen molar-refractivity contribution in [3.8, 4) is 0 Å². The number of amides is 3. The molecule has 3 amide bonds. The van der Waals surface area contributed by atoms with E-state index in [1.54, 1.807) is 11.9 Å². The van der Waals surface area contributed by atoms with Gasteiger partial charge in [0.15, 0.2) is 0 Å². The van der Waals surface area contributed by atoms with E-state index in [-0.39, 0.29) is 17.9 Å². The number of carboxylic acid groups (broad SMARTS) is 1. The number of piperidine rings is 1. The van der Waals surface area contributed by atoms with Crippen molar-refractivity contribution in [2.45, 2.75) is 45.2 Å². The fourth-order valence-corrected chi connectivity index (χ4v) is 2.21. The summed E-state index contributed by atoms with van der Waals surface area (Å²) in [6.45, 7) is 4.25. The van der Waals surface area contributed by atoms with Gasteiger partial charge in [0.05, 0.1) is 0 Å². The van der Waals surface area contributed by atoms with E-state index in [0.29, 0.717) is 25.8 Å². The minimum atomic E-state index is -1.04. The van der Waals surface area contributed by atoms with Crippen molar-refractivity contribution in [2.24, 2.45) is 5.92 Å². The van der Waals surface area contributed by atoms with E-state index in [2.05, 4.69) is 10.6 Å². The number of carbonyl (C=O) groups excluding carboxylic acids is 2. The molecule has 1 heterocycles. The number of carboxylic acids is 1. The molecule has 1 aliphatic heterocycles. The van der Waals surface area contributed by atoms with Gasteiger partial charge >= 0.3 is 12.0 Å². The van der Waals surface area contributed by atoms with Crippen LogP contribution in [0.5, 0.6) is 0 Å². The Bertz CT molecular complexity index is 384. The number of rotatable bonds is 5. The van der Waals surface area contributed by atoms with Gasteiger partial charge < -0.3 is 20.6 Å². The summed E-state index contributed by atoms with van der Waals surface area (Å²) in [6, 6.07) is -1.52. The highest BCUT2D eigenvalue weighted by Gasteiger charge is 2.26. The average Bonchev–Trinajstić information content (AvgIpc) is 2.32. The molecule has 1 saturated heterocycles. The highest BCUT2D eigenvalue weighted by atomic mass is 16.4. The minimum absolute atomic E-state index is 0.0617. The van der Waals surface area contributed by atoms with Gasteiger partial charge in [0.25, 0.3) is 0 Å². The number of hydrogen-bond acceptors (Lipinski definition) is 3. The van der Waals surface area contributed by atoms with Gasteiger partial charge in [-0.15, -0.1) is 0 Å². The maximum atomic E-state index is 11.8. The molecule has 1 aliphatic rings. The minimum Gasteiger partial charge on any atom is -0.480 e. The number of aliphatic carboxylic acids is 1. The van der Waals surface area contributed by atoms with Crippen LogP contribution in [0.1, 0.15) is 33.1 Å². The fourth-order valence-electron chi connectivity index (χ4n) is 2.21. The summed E-state index contributed by atoms with van der Waals surface area (Å²) in [7, 11) is 1.69. The van der Waals surface area contributed by atoms with Crippen LogP contribution in [-0.4, -0.2) is 53.6 Å². The normalized spacial score (nSPS) is 20.7. The summed E-state index contributed by atoms with van der Waals surface area (Å²) >= 11 is 0. The van der Waals surface area contributed by atoms with Crippen molar-refractivity contribution in [3.63, 3.8) is 0 Å². The van der Waals surface area contributed by atoms with E-state index in [1.807, 2.05) is 13.8 Å². The molecule has 0 aromatic carbocycles. The van der Waals surface area contributed by atoms with E-state index >= 15 is 0 Å². The molecule has 114 valence electrons. The largest absolute Gasteiger partial charge is 0.480 e. The van der Waals surface area contributed by atoms with Crippen LogP contribution < -0.4 is 10.6 Å². The van der Waals surface area contributed by atoms with Gasteiger partial charge in [-0.3, -0.25) is 4.79 Å². The fraction of sp³-hybridized carbons (Fsp3) is 0.769. The Hall–Kier alpha value is -1.79. The lowest BCUT2D eigenvalue weighted by atomic mass is 10.0. The van der Waals surface area contributed by atoms with Crippen molar-refractivity contribution >= 4 is 17.9 Å². The van der Waals surface area contributed by atoms with Gasteiger partial charge in [0, 0.05) is 26.1 Å². The number of likely N-dealkylation sites (tertiary alicyclic amines) is 1. The molecule has 7 heteroatoms. The monoisotopic (exact) mass is 285 g/mol. The van der Waals surface area contributed by atoms with Crippen molar-refractivity contribution in [1.82, 2.24) is 15.5 Å². The second-order valence-electron chi connectivity index (χ2n) is 5.65. The Morgan fingerprint density at radius 3 is 2.60 bits per heavy atom. The van der Waals surface area contributed by atoms with E-state index in [1.165, 1.54) is 0 Å². The number of likely N-dealkylation sites (N-methyl/N-ethyl adjacent to an activating group) is 1. The SMILES string of the molecule is CC(C)C[C@H](NC(=O)NC1CCC(=O)N(C)C1)C(=O)O. The molecule has 3 N–H and O–H groups in total. The number of urea groups is 1. The highest BCUT2D eigenvalue weighted by molar-refractivity contribution is 5.83. The van der Waals surface area contributed by atoms with Crippen LogP contribution in [-0.2, 0) is 9.59 Å². The molecular formula is C13H23N3O4. The Balaban J connectivity index is 2.45. The molecule has 0 saturated carbocycles. The summed E-state index contributed by atoms with van der Waals surface area (Å²) in [6.07, 6.45) is 1.36. The Morgan fingerprint density at radius 2 is 2.10 bits per heavy atom. The van der Waals surface area contributed by atoms with Crippen LogP contribution in [0.25, 0.3) is 0 Å². The van der Waals surface area contributed by atoms with Crippen LogP contribution in [0.4, 0.5) is 4.79 Å². The van der Waals surface area contributed by atoms with Crippen molar-refractivity contribution in [2.75, 3.05) is 13.6 Å². The topological polar surface area (TPSA) is 98.7 Å². The van der Waals surface area contributed by atoms with Gasteiger partial charge in [-0.2, -0.15) is 0 Å². The first-order valence-electron chi connectivity index (χ1n) is 6.83. The molecule has 0 spiro atoms. The van der Waals surface area contributed by atoms with Gasteiger partial charge in [-0.05, 0) is 18.8 Å². The van der Waals surface area contributed by atoms with Crippen molar-refractivity contribution in [3.05, 3.63) is 0 Å². The quantitative estimate of drug-likeness (QED) is 0.681. The first kappa shape index (κ1) is 16.3. The van der Waals surface area contributed by atoms with Crippen LogP contribution in [0, 0.1) is 5.92 Å². The van der Waals surface area contributed by atoms with E-state index in [4.69, 9.17) is 5.11 Å². The van der Waals surface area contributed by atoms with Crippen LogP contribution in [0.2, 0.25) is 0 Å². The number of nitrogens with zero attached hydrogens (tertiary/aromatic N) is 1. The Kier molecular flexibility index (Phi) is 5.79. The lowest BCUT2D eigenvalue weighted by Gasteiger charge is -2.30. The molecule has 0 aromatic heterocycles. The van der Waals surface area contributed by atoms with E-state index < -0.39 is 18.0 Å². The second-order valence-corrected chi connectivity index (χ2v) is 5.65. The molecule has 20 heavy (non-hydrogen) atoms. The lowest BCUT2D eigenvalue weighted by Crippen LogP contribution is -2.54. The van der Waals surface area contributed by atoms with Gasteiger partial charge in [0.1, 0.15) is 6.04 Å². The third-order valence-electron chi connectivity index (χ3n) is 3.27. The summed E-state index contributed by atoms with van der Waals surface area (Å²) < 4.78 is 0. The third-order valence-corrected chi connectivity index (χ3v) is 3.27. The van der Waals surface area contributed by atoms with Gasteiger partial charge in [0.2, 0.25) is 5.91 Å². The average molecular weight is 285 g/mol. The van der Waals surface area contributed by atoms with Crippen molar-refractivity contribution < 1.29 is 19.5 Å². The summed E-state index contributed by atoms with van der Waals surface area (Å²) in [4.78, 5) is 35.8. The zero-order chi connectivity index (χ0) is 15.3. The van der Waals surface area contributed by atoms with Crippen LogP contribution in [0.3, 0.4) is 0 Å². The van der Waals surface area contributed by atoms with E-state index in [0.717, 1.165) is 0 Å². The molecule has 1 unspecified atom stereocenters. The summed E-state index contributed by atoms with van der Waals surface area (Å²) in [5.41, 5.74) is 0. The zero-order valence-corrected chi connectivity index (χ0v) is 12.2. The maximum absolute atomic E-state index is 11.8. The second kappa shape index (κ2) is 7.12. The van der Waals surface area contributed by atoms with E-state index in [9.17, 15) is 14.4 Å². The molecule has 1 rings (SSSR count). The predicted octanol–water partition coefficient (Wildman–Crippen LogP) is 0.406. The molecule has 2 atom stereocenters. The van der Waals surface area contributed by atoms with Gasteiger partial charge in [-0.25, -0.2) is 9.59 Å². The van der Waals surface area contributed by atoms with Crippen LogP contribution >= 0.6 is 0 Å². The standard InChI is InChI=1S/C13H23N3O4/c1-8(2)6-10(12(18)19)15-13(20)14-9-4-5-11(17)16(3)7-9/h8-10H,4-7H2,1-3H3,(H,18,19)(H2,14,15,20)/t9?,10-/m0/s1. The number of nitrogens with one attached hydrogen (secondary N) is 2. The summed E-state index contributed by atoms with van der Waals surface area (Å²) in [5.74, 6) is -0.800.